The van der Waals surface area contributed by atoms with E-state index >= 15 is 0 Å². The first kappa shape index (κ1) is 13.5. The molecule has 0 radical (unpaired) electrons. The molecule has 1 heterocycles. The Balaban J connectivity index is 2.32. The van der Waals surface area contributed by atoms with Crippen molar-refractivity contribution in [3.63, 3.8) is 0 Å². The Kier molecular flexibility index (Phi) is 3.68. The van der Waals surface area contributed by atoms with Gasteiger partial charge < -0.3 is 0 Å². The van der Waals surface area contributed by atoms with Gasteiger partial charge in [-0.15, -0.1) is 11.6 Å². The van der Waals surface area contributed by atoms with Crippen molar-refractivity contribution in [1.82, 2.24) is 9.55 Å². The summed E-state index contributed by atoms with van der Waals surface area (Å²) in [5, 5.41) is 0.687. The van der Waals surface area contributed by atoms with Crippen molar-refractivity contribution in [3.8, 4) is 5.69 Å². The van der Waals surface area contributed by atoms with Gasteiger partial charge in [-0.25, -0.2) is 4.98 Å². The van der Waals surface area contributed by atoms with Crippen LogP contribution in [0.3, 0.4) is 0 Å². The summed E-state index contributed by atoms with van der Waals surface area (Å²) in [6, 6.07) is 14.1. The molecule has 20 heavy (non-hydrogen) atoms. The van der Waals surface area contributed by atoms with Crippen LogP contribution >= 0.6 is 23.2 Å². The fraction of sp³-hybridized carbons (Fsp3) is 0.188. The summed E-state index contributed by atoms with van der Waals surface area (Å²) in [5.41, 5.74) is 3.97. The maximum Gasteiger partial charge on any atom is 0.114 e. The number of halogens is 2. The molecule has 0 atom stereocenters. The van der Waals surface area contributed by atoms with E-state index in [1.54, 1.807) is 0 Å². The predicted molar refractivity (Wildman–Crippen MR) is 85.0 cm³/mol. The van der Waals surface area contributed by atoms with Crippen LogP contribution < -0.4 is 0 Å². The van der Waals surface area contributed by atoms with Gasteiger partial charge in [0.15, 0.2) is 0 Å². The van der Waals surface area contributed by atoms with Crippen LogP contribution in [0, 0.1) is 0 Å². The number of imidazole rings is 1. The van der Waals surface area contributed by atoms with Crippen LogP contribution in [0.5, 0.6) is 0 Å². The third-order valence-corrected chi connectivity index (χ3v) is 4.01. The molecular formula is C16H14Cl2N2. The highest BCUT2D eigenvalue weighted by molar-refractivity contribution is 6.33. The van der Waals surface area contributed by atoms with Crippen molar-refractivity contribution in [1.29, 1.82) is 0 Å². The van der Waals surface area contributed by atoms with Crippen molar-refractivity contribution in [2.75, 3.05) is 0 Å². The predicted octanol–water partition coefficient (Wildman–Crippen LogP) is 4.98. The maximum absolute atomic E-state index is 6.29. The first-order chi connectivity index (χ1) is 9.74. The first-order valence-electron chi connectivity index (χ1n) is 6.55. The van der Waals surface area contributed by atoms with Crippen molar-refractivity contribution in [2.24, 2.45) is 0 Å². The third-order valence-electron chi connectivity index (χ3n) is 3.37. The highest BCUT2D eigenvalue weighted by Crippen LogP contribution is 2.28. The SMILES string of the molecule is CCc1nc2cc(CCl)c(Cl)cc2n1-c1ccccc1. The molecule has 0 unspecified atom stereocenters. The Labute approximate surface area is 128 Å². The zero-order valence-electron chi connectivity index (χ0n) is 11.1. The van der Waals surface area contributed by atoms with Gasteiger partial charge in [-0.1, -0.05) is 36.7 Å². The van der Waals surface area contributed by atoms with Crippen LogP contribution in [0.2, 0.25) is 5.02 Å². The minimum atomic E-state index is 0.397. The van der Waals surface area contributed by atoms with E-state index < -0.39 is 0 Å². The summed E-state index contributed by atoms with van der Waals surface area (Å²) in [5.74, 6) is 1.42. The molecule has 0 saturated carbocycles. The lowest BCUT2D eigenvalue weighted by Gasteiger charge is -2.08. The number of alkyl halides is 1. The number of benzene rings is 2. The molecule has 0 saturated heterocycles. The molecule has 0 bridgehead atoms. The Morgan fingerprint density at radius 3 is 2.55 bits per heavy atom. The van der Waals surface area contributed by atoms with E-state index in [9.17, 15) is 0 Å². The number of rotatable bonds is 3. The molecule has 0 aliphatic rings. The summed E-state index contributed by atoms with van der Waals surface area (Å²) in [6.07, 6.45) is 0.859. The minimum Gasteiger partial charge on any atom is -0.296 e. The number of hydrogen-bond donors (Lipinski definition) is 0. The fourth-order valence-corrected chi connectivity index (χ4v) is 2.91. The van der Waals surface area contributed by atoms with Crippen molar-refractivity contribution in [2.45, 2.75) is 19.2 Å². The minimum absolute atomic E-state index is 0.397. The Hall–Kier alpha value is -1.51. The zero-order chi connectivity index (χ0) is 14.1. The lowest BCUT2D eigenvalue weighted by atomic mass is 10.2. The number of aryl methyl sites for hydroxylation is 1. The van der Waals surface area contributed by atoms with Crippen LogP contribution in [0.25, 0.3) is 16.7 Å². The quantitative estimate of drug-likeness (QED) is 0.624. The second-order valence-electron chi connectivity index (χ2n) is 4.62. The van der Waals surface area contributed by atoms with E-state index in [1.807, 2.05) is 30.3 Å². The number of nitrogens with zero attached hydrogens (tertiary/aromatic N) is 2. The average Bonchev–Trinajstić information content (AvgIpc) is 2.84. The summed E-state index contributed by atoms with van der Waals surface area (Å²) in [6.45, 7) is 2.10. The van der Waals surface area contributed by atoms with E-state index in [4.69, 9.17) is 28.2 Å². The van der Waals surface area contributed by atoms with Crippen LogP contribution in [0.15, 0.2) is 42.5 Å². The normalized spacial score (nSPS) is 11.2. The van der Waals surface area contributed by atoms with Gasteiger partial charge >= 0.3 is 0 Å². The molecule has 0 spiro atoms. The molecule has 0 N–H and O–H groups in total. The zero-order valence-corrected chi connectivity index (χ0v) is 12.6. The van der Waals surface area contributed by atoms with Gasteiger partial charge in [0.1, 0.15) is 5.82 Å². The summed E-state index contributed by atoms with van der Waals surface area (Å²) in [4.78, 5) is 4.70. The first-order valence-corrected chi connectivity index (χ1v) is 7.47. The van der Waals surface area contributed by atoms with Gasteiger partial charge in [0.25, 0.3) is 0 Å². The Morgan fingerprint density at radius 1 is 1.15 bits per heavy atom. The van der Waals surface area contributed by atoms with Crippen LogP contribution in [0.4, 0.5) is 0 Å². The van der Waals surface area contributed by atoms with Gasteiger partial charge in [-0.3, -0.25) is 4.57 Å². The summed E-state index contributed by atoms with van der Waals surface area (Å²) < 4.78 is 2.15. The standard InChI is InChI=1S/C16H14Cl2N2/c1-2-16-19-14-8-11(10-17)13(18)9-15(14)20(16)12-6-4-3-5-7-12/h3-9H,2,10H2,1H3. The van der Waals surface area contributed by atoms with Crippen molar-refractivity contribution < 1.29 is 0 Å². The second kappa shape index (κ2) is 5.47. The van der Waals surface area contributed by atoms with Gasteiger partial charge in [0, 0.05) is 23.0 Å². The third kappa shape index (κ3) is 2.19. The Bertz CT molecular complexity index is 748. The van der Waals surface area contributed by atoms with Crippen LogP contribution in [-0.2, 0) is 12.3 Å². The topological polar surface area (TPSA) is 17.8 Å². The molecule has 3 rings (SSSR count). The monoisotopic (exact) mass is 304 g/mol. The average molecular weight is 305 g/mol. The van der Waals surface area contributed by atoms with Gasteiger partial charge in [0.05, 0.1) is 11.0 Å². The van der Waals surface area contributed by atoms with Crippen molar-refractivity contribution >= 4 is 34.2 Å². The molecule has 0 aliphatic carbocycles. The molecule has 0 amide bonds. The lowest BCUT2D eigenvalue weighted by Crippen LogP contribution is -1.99. The summed E-state index contributed by atoms with van der Waals surface area (Å²) in [7, 11) is 0. The van der Waals surface area contributed by atoms with E-state index in [2.05, 4.69) is 23.6 Å². The molecule has 3 aromatic rings. The highest BCUT2D eigenvalue weighted by atomic mass is 35.5. The molecule has 2 aromatic carbocycles. The summed E-state index contributed by atoms with van der Waals surface area (Å²) >= 11 is 12.2. The van der Waals surface area contributed by atoms with E-state index in [-0.39, 0.29) is 0 Å². The molecule has 0 fully saturated rings. The number of aromatic nitrogens is 2. The highest BCUT2D eigenvalue weighted by Gasteiger charge is 2.13. The van der Waals surface area contributed by atoms with E-state index in [0.29, 0.717) is 10.9 Å². The van der Waals surface area contributed by atoms with Crippen LogP contribution in [-0.4, -0.2) is 9.55 Å². The number of hydrogen-bond acceptors (Lipinski definition) is 1. The van der Waals surface area contributed by atoms with Gasteiger partial charge in [-0.2, -0.15) is 0 Å². The van der Waals surface area contributed by atoms with Crippen LogP contribution in [0.1, 0.15) is 18.3 Å². The fourth-order valence-electron chi connectivity index (χ4n) is 2.40. The van der Waals surface area contributed by atoms with E-state index in [1.165, 1.54) is 0 Å². The maximum atomic E-state index is 6.29. The number of fused-ring (bicyclic) bond motifs is 1. The number of para-hydroxylation sites is 1. The second-order valence-corrected chi connectivity index (χ2v) is 5.29. The smallest absolute Gasteiger partial charge is 0.114 e. The largest absolute Gasteiger partial charge is 0.296 e. The Morgan fingerprint density at radius 2 is 1.90 bits per heavy atom. The van der Waals surface area contributed by atoms with Gasteiger partial charge in [-0.05, 0) is 29.8 Å². The van der Waals surface area contributed by atoms with Crippen molar-refractivity contribution in [3.05, 3.63) is 58.9 Å². The van der Waals surface area contributed by atoms with Gasteiger partial charge in [0.2, 0.25) is 0 Å². The molecule has 0 aliphatic heterocycles. The molecule has 4 heteroatoms. The molecular weight excluding hydrogens is 291 g/mol. The lowest BCUT2D eigenvalue weighted by molar-refractivity contribution is 0.908. The molecule has 2 nitrogen and oxygen atoms in total. The molecule has 102 valence electrons. The molecule has 1 aromatic heterocycles. The van der Waals surface area contributed by atoms with E-state index in [0.717, 1.165) is 34.5 Å².